The number of hydrogen-bond donors (Lipinski definition) is 1. The molecule has 20 heavy (non-hydrogen) atoms. The van der Waals surface area contributed by atoms with Crippen molar-refractivity contribution in [2.75, 3.05) is 23.8 Å². The van der Waals surface area contributed by atoms with Crippen molar-refractivity contribution >= 4 is 23.0 Å². The van der Waals surface area contributed by atoms with Crippen molar-refractivity contribution < 1.29 is 0 Å². The van der Waals surface area contributed by atoms with Crippen LogP contribution in [0, 0.1) is 6.92 Å². The molecule has 0 atom stereocenters. The number of rotatable bonds is 6. The molecule has 0 fully saturated rings. The van der Waals surface area contributed by atoms with Gasteiger partial charge in [0.05, 0.1) is 6.54 Å². The molecular weight excluding hydrogens is 268 g/mol. The van der Waals surface area contributed by atoms with Crippen molar-refractivity contribution in [2.45, 2.75) is 33.7 Å². The van der Waals surface area contributed by atoms with Gasteiger partial charge in [-0.1, -0.05) is 13.0 Å². The highest BCUT2D eigenvalue weighted by Crippen LogP contribution is 2.25. The second-order valence-electron chi connectivity index (χ2n) is 4.76. The predicted molar refractivity (Wildman–Crippen MR) is 86.7 cm³/mol. The van der Waals surface area contributed by atoms with Crippen LogP contribution in [0.5, 0.6) is 0 Å². The fourth-order valence-electron chi connectivity index (χ4n) is 2.13. The van der Waals surface area contributed by atoms with E-state index in [9.17, 15) is 0 Å². The van der Waals surface area contributed by atoms with Crippen molar-refractivity contribution in [3.63, 3.8) is 0 Å². The lowest BCUT2D eigenvalue weighted by Crippen LogP contribution is -2.20. The Morgan fingerprint density at radius 3 is 2.70 bits per heavy atom. The van der Waals surface area contributed by atoms with E-state index in [1.165, 1.54) is 4.88 Å². The van der Waals surface area contributed by atoms with Crippen LogP contribution in [-0.2, 0) is 13.0 Å². The number of nitrogens with one attached hydrogen (secondary N) is 1. The molecule has 108 valence electrons. The third-order valence-electron chi connectivity index (χ3n) is 3.16. The molecule has 0 amide bonds. The standard InChI is InChI=1S/C15H22N4S/c1-5-13-17-14(16-6-2)11(3)15(18-13)19(4)10-12-8-7-9-20-12/h7-9H,5-6,10H2,1-4H3,(H,16,17,18). The van der Waals surface area contributed by atoms with Gasteiger partial charge in [0, 0.05) is 30.5 Å². The SMILES string of the molecule is CCNc1nc(CC)nc(N(C)Cc2cccs2)c1C. The minimum absolute atomic E-state index is 0.846. The second-order valence-corrected chi connectivity index (χ2v) is 5.79. The first-order valence-electron chi connectivity index (χ1n) is 7.00. The van der Waals surface area contributed by atoms with Crippen LogP contribution in [-0.4, -0.2) is 23.6 Å². The molecule has 0 saturated heterocycles. The van der Waals surface area contributed by atoms with Crippen LogP contribution >= 0.6 is 11.3 Å². The van der Waals surface area contributed by atoms with Gasteiger partial charge in [-0.2, -0.15) is 0 Å². The van der Waals surface area contributed by atoms with Crippen LogP contribution in [0.3, 0.4) is 0 Å². The van der Waals surface area contributed by atoms with Crippen LogP contribution in [0.15, 0.2) is 17.5 Å². The van der Waals surface area contributed by atoms with E-state index < -0.39 is 0 Å². The van der Waals surface area contributed by atoms with Gasteiger partial charge >= 0.3 is 0 Å². The van der Waals surface area contributed by atoms with Crippen molar-refractivity contribution in [1.29, 1.82) is 0 Å². The van der Waals surface area contributed by atoms with E-state index in [0.717, 1.165) is 42.5 Å². The average molecular weight is 290 g/mol. The van der Waals surface area contributed by atoms with E-state index in [1.807, 2.05) is 0 Å². The summed E-state index contributed by atoms with van der Waals surface area (Å²) in [4.78, 5) is 12.8. The number of aryl methyl sites for hydroxylation is 1. The van der Waals surface area contributed by atoms with E-state index in [-0.39, 0.29) is 0 Å². The monoisotopic (exact) mass is 290 g/mol. The lowest BCUT2D eigenvalue weighted by atomic mass is 10.2. The van der Waals surface area contributed by atoms with E-state index in [2.05, 4.69) is 60.5 Å². The highest BCUT2D eigenvalue weighted by Gasteiger charge is 2.14. The maximum atomic E-state index is 4.69. The molecule has 4 nitrogen and oxygen atoms in total. The molecule has 2 aromatic rings. The van der Waals surface area contributed by atoms with Gasteiger partial charge < -0.3 is 10.2 Å². The van der Waals surface area contributed by atoms with Crippen LogP contribution < -0.4 is 10.2 Å². The average Bonchev–Trinajstić information content (AvgIpc) is 2.94. The van der Waals surface area contributed by atoms with Gasteiger partial charge in [-0.3, -0.25) is 0 Å². The zero-order chi connectivity index (χ0) is 14.5. The molecule has 0 aliphatic rings. The van der Waals surface area contributed by atoms with Crippen molar-refractivity contribution in [3.05, 3.63) is 33.8 Å². The minimum Gasteiger partial charge on any atom is -0.370 e. The molecule has 0 unspecified atom stereocenters. The molecule has 5 heteroatoms. The summed E-state index contributed by atoms with van der Waals surface area (Å²) in [6.45, 7) is 8.00. The second kappa shape index (κ2) is 6.70. The number of thiophene rings is 1. The topological polar surface area (TPSA) is 41.1 Å². The molecule has 0 saturated carbocycles. The van der Waals surface area contributed by atoms with Gasteiger partial charge in [0.2, 0.25) is 0 Å². The lowest BCUT2D eigenvalue weighted by Gasteiger charge is -2.22. The molecule has 1 N–H and O–H groups in total. The third-order valence-corrected chi connectivity index (χ3v) is 4.02. The van der Waals surface area contributed by atoms with Crippen molar-refractivity contribution in [3.8, 4) is 0 Å². The molecular formula is C15H22N4S. The summed E-state index contributed by atoms with van der Waals surface area (Å²) >= 11 is 1.78. The Morgan fingerprint density at radius 1 is 1.30 bits per heavy atom. The van der Waals surface area contributed by atoms with Crippen LogP contribution in [0.1, 0.15) is 30.1 Å². The first-order chi connectivity index (χ1) is 9.65. The van der Waals surface area contributed by atoms with Crippen LogP contribution in [0.2, 0.25) is 0 Å². The normalized spacial score (nSPS) is 10.6. The van der Waals surface area contributed by atoms with E-state index in [4.69, 9.17) is 4.98 Å². The fourth-order valence-corrected chi connectivity index (χ4v) is 2.89. The van der Waals surface area contributed by atoms with Gasteiger partial charge in [-0.05, 0) is 25.3 Å². The van der Waals surface area contributed by atoms with E-state index in [1.54, 1.807) is 11.3 Å². The van der Waals surface area contributed by atoms with Gasteiger partial charge in [0.25, 0.3) is 0 Å². The molecule has 2 aromatic heterocycles. The van der Waals surface area contributed by atoms with Gasteiger partial charge in [0.1, 0.15) is 17.5 Å². The Morgan fingerprint density at radius 2 is 2.10 bits per heavy atom. The maximum absolute atomic E-state index is 4.69. The van der Waals surface area contributed by atoms with E-state index >= 15 is 0 Å². The van der Waals surface area contributed by atoms with Gasteiger partial charge in [-0.25, -0.2) is 9.97 Å². The van der Waals surface area contributed by atoms with Crippen LogP contribution in [0.25, 0.3) is 0 Å². The summed E-state index contributed by atoms with van der Waals surface area (Å²) < 4.78 is 0. The Labute approximate surface area is 124 Å². The molecule has 0 bridgehead atoms. The first-order valence-corrected chi connectivity index (χ1v) is 7.88. The quantitative estimate of drug-likeness (QED) is 0.884. The predicted octanol–water partition coefficient (Wildman–Crippen LogP) is 3.48. The Balaban J connectivity index is 2.31. The Bertz CT molecular complexity index is 551. The summed E-state index contributed by atoms with van der Waals surface area (Å²) in [5.41, 5.74) is 1.11. The molecule has 0 aliphatic heterocycles. The Kier molecular flexibility index (Phi) is 4.95. The largest absolute Gasteiger partial charge is 0.370 e. The molecule has 0 aliphatic carbocycles. The first kappa shape index (κ1) is 14.8. The summed E-state index contributed by atoms with van der Waals surface area (Å²) in [5.74, 6) is 2.85. The number of anilines is 2. The smallest absolute Gasteiger partial charge is 0.137 e. The molecule has 0 radical (unpaired) electrons. The molecule has 0 spiro atoms. The highest BCUT2D eigenvalue weighted by molar-refractivity contribution is 7.09. The lowest BCUT2D eigenvalue weighted by molar-refractivity contribution is 0.856. The molecule has 2 heterocycles. The van der Waals surface area contributed by atoms with E-state index in [0.29, 0.717) is 0 Å². The van der Waals surface area contributed by atoms with Gasteiger partial charge in [-0.15, -0.1) is 11.3 Å². The minimum atomic E-state index is 0.846. The number of aromatic nitrogens is 2. The van der Waals surface area contributed by atoms with Crippen LogP contribution in [0.4, 0.5) is 11.6 Å². The summed E-state index contributed by atoms with van der Waals surface area (Å²) in [7, 11) is 2.09. The third kappa shape index (κ3) is 3.28. The summed E-state index contributed by atoms with van der Waals surface area (Å²) in [5, 5.41) is 5.44. The van der Waals surface area contributed by atoms with Gasteiger partial charge in [0.15, 0.2) is 0 Å². The summed E-state index contributed by atoms with van der Waals surface area (Å²) in [6.07, 6.45) is 0.846. The number of nitrogens with zero attached hydrogens (tertiary/aromatic N) is 3. The maximum Gasteiger partial charge on any atom is 0.137 e. The van der Waals surface area contributed by atoms with Crippen molar-refractivity contribution in [2.24, 2.45) is 0 Å². The Hall–Kier alpha value is -1.62. The highest BCUT2D eigenvalue weighted by atomic mass is 32.1. The number of hydrogen-bond acceptors (Lipinski definition) is 5. The summed E-state index contributed by atoms with van der Waals surface area (Å²) in [6, 6.07) is 4.24. The zero-order valence-electron chi connectivity index (χ0n) is 12.6. The molecule has 0 aromatic carbocycles. The van der Waals surface area contributed by atoms with Crippen molar-refractivity contribution in [1.82, 2.24) is 9.97 Å². The zero-order valence-corrected chi connectivity index (χ0v) is 13.4. The molecule has 2 rings (SSSR count). The fraction of sp³-hybridized carbons (Fsp3) is 0.467.